The van der Waals surface area contributed by atoms with Gasteiger partial charge in [0.05, 0.1) is 11.8 Å². The summed E-state index contributed by atoms with van der Waals surface area (Å²) < 4.78 is 11.6. The number of ether oxygens (including phenoxy) is 2. The van der Waals surface area contributed by atoms with Crippen molar-refractivity contribution in [3.05, 3.63) is 59.0 Å². The van der Waals surface area contributed by atoms with Crippen LogP contribution in [0.2, 0.25) is 0 Å². The van der Waals surface area contributed by atoms with Gasteiger partial charge < -0.3 is 9.47 Å². The van der Waals surface area contributed by atoms with E-state index in [4.69, 9.17) is 9.47 Å². The maximum absolute atomic E-state index is 12.2. The molecule has 2 aromatic carbocycles. The summed E-state index contributed by atoms with van der Waals surface area (Å²) in [5.74, 6) is 1.18. The molecule has 0 spiro atoms. The smallest absolute Gasteiger partial charge is 0.272 e. The minimum atomic E-state index is -0.223. The van der Waals surface area contributed by atoms with Gasteiger partial charge in [0.25, 0.3) is 5.91 Å². The van der Waals surface area contributed by atoms with Crippen LogP contribution in [0, 0.1) is 0 Å². The molecule has 0 saturated carbocycles. The van der Waals surface area contributed by atoms with Gasteiger partial charge in [0.2, 0.25) is 6.79 Å². The third-order valence-corrected chi connectivity index (χ3v) is 4.47. The highest BCUT2D eigenvalue weighted by molar-refractivity contribution is 7.17. The summed E-state index contributed by atoms with van der Waals surface area (Å²) >= 11 is 1.54. The molecular weight excluding hydrogens is 312 g/mol. The maximum atomic E-state index is 12.2. The Kier molecular flexibility index (Phi) is 3.44. The lowest BCUT2D eigenvalue weighted by molar-refractivity contribution is 0.0957. The topological polar surface area (TPSA) is 59.9 Å². The van der Waals surface area contributed by atoms with Crippen LogP contribution in [0.25, 0.3) is 10.1 Å². The number of nitrogens with zero attached hydrogens (tertiary/aromatic N) is 1. The molecule has 0 fully saturated rings. The Hall–Kier alpha value is -2.86. The number of fused-ring (bicyclic) bond motifs is 2. The number of amides is 1. The van der Waals surface area contributed by atoms with Crippen molar-refractivity contribution in [2.24, 2.45) is 5.10 Å². The average molecular weight is 324 g/mol. The first-order valence-corrected chi connectivity index (χ1v) is 7.88. The third kappa shape index (κ3) is 2.64. The lowest BCUT2D eigenvalue weighted by Crippen LogP contribution is -2.17. The van der Waals surface area contributed by atoms with E-state index in [-0.39, 0.29) is 12.7 Å². The number of hydrogen-bond acceptors (Lipinski definition) is 5. The van der Waals surface area contributed by atoms with Crippen molar-refractivity contribution < 1.29 is 14.3 Å². The molecule has 1 aliphatic rings. The molecule has 1 N–H and O–H groups in total. The van der Waals surface area contributed by atoms with Crippen molar-refractivity contribution in [3.8, 4) is 11.5 Å². The van der Waals surface area contributed by atoms with Crippen LogP contribution in [0.3, 0.4) is 0 Å². The van der Waals surface area contributed by atoms with E-state index in [2.05, 4.69) is 10.5 Å². The van der Waals surface area contributed by atoms with Gasteiger partial charge in [0.15, 0.2) is 11.5 Å². The lowest BCUT2D eigenvalue weighted by atomic mass is 10.2. The first-order chi connectivity index (χ1) is 11.3. The molecule has 6 heteroatoms. The monoisotopic (exact) mass is 324 g/mol. The minimum absolute atomic E-state index is 0.223. The van der Waals surface area contributed by atoms with Gasteiger partial charge in [0.1, 0.15) is 0 Å². The predicted molar refractivity (Wildman–Crippen MR) is 89.5 cm³/mol. The zero-order chi connectivity index (χ0) is 15.6. The van der Waals surface area contributed by atoms with E-state index in [0.29, 0.717) is 11.3 Å². The van der Waals surface area contributed by atoms with E-state index in [9.17, 15) is 4.79 Å². The van der Waals surface area contributed by atoms with Gasteiger partial charge in [-0.3, -0.25) is 4.79 Å². The van der Waals surface area contributed by atoms with E-state index in [0.717, 1.165) is 21.4 Å². The molecule has 0 radical (unpaired) electrons. The van der Waals surface area contributed by atoms with E-state index < -0.39 is 0 Å². The van der Waals surface area contributed by atoms with Crippen LogP contribution in [0.5, 0.6) is 11.5 Å². The molecule has 3 aromatic rings. The predicted octanol–water partition coefficient (Wildman–Crippen LogP) is 3.39. The molecule has 1 aliphatic heterocycles. The summed E-state index contributed by atoms with van der Waals surface area (Å²) in [6.45, 7) is 0.234. The Labute approximate surface area is 136 Å². The summed E-state index contributed by atoms with van der Waals surface area (Å²) in [6.07, 6.45) is 1.58. The molecule has 0 unspecified atom stereocenters. The van der Waals surface area contributed by atoms with Gasteiger partial charge in [-0.05, 0) is 29.8 Å². The largest absolute Gasteiger partial charge is 0.454 e. The van der Waals surface area contributed by atoms with Crippen molar-refractivity contribution in [1.29, 1.82) is 0 Å². The first-order valence-electron chi connectivity index (χ1n) is 7.00. The Balaban J connectivity index is 1.49. The summed E-state index contributed by atoms with van der Waals surface area (Å²) in [7, 11) is 0. The fraction of sp³-hybridized carbons (Fsp3) is 0.0588. The van der Waals surface area contributed by atoms with Crippen LogP contribution in [0.15, 0.2) is 52.9 Å². The Morgan fingerprint density at radius 1 is 1.17 bits per heavy atom. The normalized spacial score (nSPS) is 12.9. The number of carbonyl (C=O) groups is 1. The summed E-state index contributed by atoms with van der Waals surface area (Å²) in [4.78, 5) is 12.2. The Morgan fingerprint density at radius 2 is 2.04 bits per heavy atom. The maximum Gasteiger partial charge on any atom is 0.272 e. The molecule has 0 atom stereocenters. The van der Waals surface area contributed by atoms with E-state index in [1.54, 1.807) is 17.6 Å². The third-order valence-electron chi connectivity index (χ3n) is 3.50. The molecule has 0 saturated heterocycles. The molecule has 1 amide bonds. The van der Waals surface area contributed by atoms with Crippen molar-refractivity contribution in [1.82, 2.24) is 5.43 Å². The number of hydrogen-bond donors (Lipinski definition) is 1. The van der Waals surface area contributed by atoms with Crippen LogP contribution in [-0.2, 0) is 0 Å². The lowest BCUT2D eigenvalue weighted by Gasteiger charge is -1.99. The number of benzene rings is 2. The zero-order valence-electron chi connectivity index (χ0n) is 12.0. The highest BCUT2D eigenvalue weighted by atomic mass is 32.1. The van der Waals surface area contributed by atoms with Gasteiger partial charge in [0, 0.05) is 15.5 Å². The Bertz CT molecular complexity index is 917. The van der Waals surface area contributed by atoms with Gasteiger partial charge in [-0.15, -0.1) is 11.3 Å². The van der Waals surface area contributed by atoms with E-state index in [1.807, 2.05) is 47.8 Å². The van der Waals surface area contributed by atoms with Gasteiger partial charge in [-0.2, -0.15) is 5.10 Å². The SMILES string of the molecule is O=C(N/N=C\c1ccc2c(c1)OCO2)c1csc2ccccc12. The fourth-order valence-electron chi connectivity index (χ4n) is 2.37. The molecule has 1 aromatic heterocycles. The number of thiophene rings is 1. The average Bonchev–Trinajstić information content (AvgIpc) is 3.21. The highest BCUT2D eigenvalue weighted by Crippen LogP contribution is 2.32. The summed E-state index contributed by atoms with van der Waals surface area (Å²) in [6, 6.07) is 13.3. The van der Waals surface area contributed by atoms with Crippen molar-refractivity contribution in [2.45, 2.75) is 0 Å². The molecule has 0 bridgehead atoms. The van der Waals surface area contributed by atoms with Crippen molar-refractivity contribution in [3.63, 3.8) is 0 Å². The molecule has 114 valence electrons. The zero-order valence-corrected chi connectivity index (χ0v) is 12.8. The second-order valence-corrected chi connectivity index (χ2v) is 5.87. The van der Waals surface area contributed by atoms with Gasteiger partial charge in [-0.25, -0.2) is 5.43 Å². The minimum Gasteiger partial charge on any atom is -0.454 e. The fourth-order valence-corrected chi connectivity index (χ4v) is 3.31. The number of carbonyl (C=O) groups excluding carboxylic acids is 1. The van der Waals surface area contributed by atoms with Crippen LogP contribution in [-0.4, -0.2) is 18.9 Å². The second-order valence-electron chi connectivity index (χ2n) is 4.96. The number of rotatable bonds is 3. The molecule has 23 heavy (non-hydrogen) atoms. The number of hydrazone groups is 1. The molecule has 2 heterocycles. The summed E-state index contributed by atoms with van der Waals surface area (Å²) in [5, 5.41) is 6.80. The van der Waals surface area contributed by atoms with E-state index >= 15 is 0 Å². The van der Waals surface area contributed by atoms with Crippen molar-refractivity contribution in [2.75, 3.05) is 6.79 Å². The standard InChI is InChI=1S/C17H12N2O3S/c20-17(13-9-23-16-4-2-1-3-12(13)16)19-18-8-11-5-6-14-15(7-11)22-10-21-14/h1-9H,10H2,(H,19,20)/b18-8-. The van der Waals surface area contributed by atoms with Crippen molar-refractivity contribution >= 4 is 33.5 Å². The highest BCUT2D eigenvalue weighted by Gasteiger charge is 2.13. The first kappa shape index (κ1) is 13.8. The molecule has 0 aliphatic carbocycles. The Morgan fingerprint density at radius 3 is 3.00 bits per heavy atom. The second kappa shape index (κ2) is 5.73. The van der Waals surface area contributed by atoms with Gasteiger partial charge in [-0.1, -0.05) is 18.2 Å². The molecule has 5 nitrogen and oxygen atoms in total. The van der Waals surface area contributed by atoms with Crippen LogP contribution in [0.1, 0.15) is 15.9 Å². The van der Waals surface area contributed by atoms with Gasteiger partial charge >= 0.3 is 0 Å². The van der Waals surface area contributed by atoms with E-state index in [1.165, 1.54) is 0 Å². The molecular formula is C17H12N2O3S. The quantitative estimate of drug-likeness (QED) is 0.593. The van der Waals surface area contributed by atoms with Crippen LogP contribution >= 0.6 is 11.3 Å². The molecule has 4 rings (SSSR count). The summed E-state index contributed by atoms with van der Waals surface area (Å²) in [5.41, 5.74) is 4.02. The number of nitrogens with one attached hydrogen (secondary N) is 1. The van der Waals surface area contributed by atoms with Crippen LogP contribution in [0.4, 0.5) is 0 Å². The van der Waals surface area contributed by atoms with Crippen LogP contribution < -0.4 is 14.9 Å².